The summed E-state index contributed by atoms with van der Waals surface area (Å²) in [6.45, 7) is 2.65. The largest absolute Gasteiger partial charge is 0.394 e. The van der Waals surface area contributed by atoms with Gasteiger partial charge in [-0.05, 0) is 25.7 Å². The lowest BCUT2D eigenvalue weighted by Crippen LogP contribution is -2.42. The van der Waals surface area contributed by atoms with Gasteiger partial charge in [0, 0.05) is 6.61 Å². The van der Waals surface area contributed by atoms with Gasteiger partial charge in [0.1, 0.15) is 24.4 Å². The molecule has 0 amide bonds. The third kappa shape index (κ3) is 8.58. The predicted molar refractivity (Wildman–Crippen MR) is 94.9 cm³/mol. The second-order valence-electron chi connectivity index (χ2n) is 6.62. The van der Waals surface area contributed by atoms with Crippen LogP contribution < -0.4 is 0 Å². The van der Waals surface area contributed by atoms with Crippen LogP contribution in [0.3, 0.4) is 0 Å². The van der Waals surface area contributed by atoms with Crippen LogP contribution in [0.2, 0.25) is 0 Å². The molecule has 0 spiro atoms. The van der Waals surface area contributed by atoms with Crippen molar-refractivity contribution in [3.05, 3.63) is 12.2 Å². The van der Waals surface area contributed by atoms with Crippen LogP contribution in [-0.2, 0) is 9.47 Å². The van der Waals surface area contributed by atoms with Crippen molar-refractivity contribution in [3.63, 3.8) is 0 Å². The Bertz CT molecular complexity index is 321. The van der Waals surface area contributed by atoms with Crippen LogP contribution in [0.15, 0.2) is 12.2 Å². The lowest BCUT2D eigenvalue weighted by Gasteiger charge is -2.24. The number of hydrogen-bond acceptors (Lipinski definition) is 5. The minimum atomic E-state index is -0.979. The molecule has 0 unspecified atom stereocenters. The molecule has 0 aromatic carbocycles. The molecule has 1 saturated heterocycles. The third-order valence-corrected chi connectivity index (χ3v) is 4.47. The summed E-state index contributed by atoms with van der Waals surface area (Å²) in [6.07, 6.45) is 12.2. The maximum Gasteiger partial charge on any atom is 0.114 e. The molecule has 0 bridgehead atoms. The van der Waals surface area contributed by atoms with Gasteiger partial charge in [-0.25, -0.2) is 0 Å². The summed E-state index contributed by atoms with van der Waals surface area (Å²) in [5.41, 5.74) is 0. The Balaban J connectivity index is 1.96. The lowest BCUT2D eigenvalue weighted by molar-refractivity contribution is -0.101. The van der Waals surface area contributed by atoms with E-state index in [2.05, 4.69) is 19.1 Å². The summed E-state index contributed by atoms with van der Waals surface area (Å²) in [6, 6.07) is 0. The monoisotopic (exact) mass is 344 g/mol. The van der Waals surface area contributed by atoms with Gasteiger partial charge in [0.05, 0.1) is 13.2 Å². The molecule has 5 nitrogen and oxygen atoms in total. The van der Waals surface area contributed by atoms with Gasteiger partial charge in [-0.3, -0.25) is 0 Å². The highest BCUT2D eigenvalue weighted by atomic mass is 16.6. The van der Waals surface area contributed by atoms with Crippen molar-refractivity contribution < 1.29 is 24.8 Å². The van der Waals surface area contributed by atoms with E-state index < -0.39 is 24.4 Å². The summed E-state index contributed by atoms with van der Waals surface area (Å²) in [5, 5.41) is 28.6. The molecular weight excluding hydrogens is 308 g/mol. The summed E-state index contributed by atoms with van der Waals surface area (Å²) in [7, 11) is 0. The normalized spacial score (nSPS) is 25.6. The van der Waals surface area contributed by atoms with E-state index in [1.807, 2.05) is 0 Å². The van der Waals surface area contributed by atoms with Crippen molar-refractivity contribution in [3.8, 4) is 0 Å². The van der Waals surface area contributed by atoms with Crippen molar-refractivity contribution in [2.75, 3.05) is 19.8 Å². The maximum absolute atomic E-state index is 9.78. The molecule has 1 aliphatic rings. The van der Waals surface area contributed by atoms with Crippen LogP contribution in [0.4, 0.5) is 0 Å². The molecular formula is C19H36O5. The smallest absolute Gasteiger partial charge is 0.114 e. The van der Waals surface area contributed by atoms with Crippen molar-refractivity contribution in [2.45, 2.75) is 89.1 Å². The van der Waals surface area contributed by atoms with Gasteiger partial charge in [-0.15, -0.1) is 0 Å². The van der Waals surface area contributed by atoms with Gasteiger partial charge < -0.3 is 24.8 Å². The second kappa shape index (κ2) is 13.8. The third-order valence-electron chi connectivity index (χ3n) is 4.47. The molecule has 0 aliphatic carbocycles. The first-order valence-corrected chi connectivity index (χ1v) is 9.55. The fraction of sp³-hybridized carbons (Fsp3) is 0.895. The molecule has 1 rings (SSSR count). The van der Waals surface area contributed by atoms with Gasteiger partial charge >= 0.3 is 0 Å². The topological polar surface area (TPSA) is 79.2 Å². The molecule has 142 valence electrons. The Hall–Kier alpha value is -0.460. The summed E-state index contributed by atoms with van der Waals surface area (Å²) in [5.74, 6) is 0. The molecule has 5 heteroatoms. The minimum Gasteiger partial charge on any atom is -0.394 e. The van der Waals surface area contributed by atoms with Gasteiger partial charge in [0.25, 0.3) is 0 Å². The minimum absolute atomic E-state index is 0.0958. The standard InChI is InChI=1S/C19H36O5/c1-2-3-4-5-6-7-8-9-10-11-12-13-23-17(14-20)19-18(22)16(21)15-24-19/h5-6,16-22H,2-4,7-15H2,1H3/b6-5+/t16-,17+,18-,19-/m0/s1. The van der Waals surface area contributed by atoms with E-state index in [1.165, 1.54) is 44.9 Å². The van der Waals surface area contributed by atoms with Crippen LogP contribution in [0.1, 0.15) is 64.7 Å². The summed E-state index contributed by atoms with van der Waals surface area (Å²) < 4.78 is 10.9. The van der Waals surface area contributed by atoms with Crippen LogP contribution >= 0.6 is 0 Å². The molecule has 0 aromatic heterocycles. The number of hydrogen-bond donors (Lipinski definition) is 3. The van der Waals surface area contributed by atoms with Gasteiger partial charge in [-0.2, -0.15) is 0 Å². The molecule has 24 heavy (non-hydrogen) atoms. The number of aliphatic hydroxyl groups excluding tert-OH is 3. The highest BCUT2D eigenvalue weighted by Gasteiger charge is 2.40. The molecule has 1 fully saturated rings. The fourth-order valence-corrected chi connectivity index (χ4v) is 2.89. The SMILES string of the molecule is CCCC/C=C/CCCCCCCO[C@H](CO)[C@@H]1OC[C@H](O)[C@@H]1O. The molecule has 0 aromatic rings. The Labute approximate surface area is 146 Å². The van der Waals surface area contributed by atoms with Crippen molar-refractivity contribution in [1.82, 2.24) is 0 Å². The zero-order chi connectivity index (χ0) is 17.6. The van der Waals surface area contributed by atoms with Crippen molar-refractivity contribution >= 4 is 0 Å². The van der Waals surface area contributed by atoms with Crippen LogP contribution in [-0.4, -0.2) is 59.6 Å². The molecule has 1 aliphatic heterocycles. The lowest BCUT2D eigenvalue weighted by atomic mass is 10.1. The van der Waals surface area contributed by atoms with E-state index in [0.29, 0.717) is 6.61 Å². The number of unbranched alkanes of at least 4 members (excludes halogenated alkanes) is 7. The number of rotatable bonds is 14. The first-order chi connectivity index (χ1) is 11.7. The Kier molecular flexibility index (Phi) is 12.4. The number of aliphatic hydroxyl groups is 3. The zero-order valence-electron chi connectivity index (χ0n) is 15.1. The number of ether oxygens (including phenoxy) is 2. The van der Waals surface area contributed by atoms with Crippen LogP contribution in [0.5, 0.6) is 0 Å². The Morgan fingerprint density at radius 3 is 2.33 bits per heavy atom. The van der Waals surface area contributed by atoms with E-state index in [1.54, 1.807) is 0 Å². The quantitative estimate of drug-likeness (QED) is 0.333. The Morgan fingerprint density at radius 1 is 1.04 bits per heavy atom. The number of allylic oxidation sites excluding steroid dienone is 2. The van der Waals surface area contributed by atoms with Gasteiger partial charge in [-0.1, -0.05) is 51.2 Å². The first-order valence-electron chi connectivity index (χ1n) is 9.55. The molecule has 0 radical (unpaired) electrons. The molecule has 0 saturated carbocycles. The van der Waals surface area contributed by atoms with E-state index in [4.69, 9.17) is 9.47 Å². The van der Waals surface area contributed by atoms with Crippen LogP contribution in [0, 0.1) is 0 Å². The van der Waals surface area contributed by atoms with Gasteiger partial charge in [0.2, 0.25) is 0 Å². The predicted octanol–water partition coefficient (Wildman–Crippen LogP) is 2.57. The summed E-state index contributed by atoms with van der Waals surface area (Å²) in [4.78, 5) is 0. The van der Waals surface area contributed by atoms with E-state index >= 15 is 0 Å². The van der Waals surface area contributed by atoms with Crippen molar-refractivity contribution in [2.24, 2.45) is 0 Å². The van der Waals surface area contributed by atoms with Crippen LogP contribution in [0.25, 0.3) is 0 Å². The van der Waals surface area contributed by atoms with E-state index in [9.17, 15) is 15.3 Å². The highest BCUT2D eigenvalue weighted by molar-refractivity contribution is 4.88. The molecule has 4 atom stereocenters. The average Bonchev–Trinajstić information content (AvgIpc) is 2.92. The van der Waals surface area contributed by atoms with E-state index in [0.717, 1.165) is 12.8 Å². The highest BCUT2D eigenvalue weighted by Crippen LogP contribution is 2.19. The second-order valence-corrected chi connectivity index (χ2v) is 6.62. The molecule has 1 heterocycles. The maximum atomic E-state index is 9.78. The Morgan fingerprint density at radius 2 is 1.71 bits per heavy atom. The summed E-state index contributed by atoms with van der Waals surface area (Å²) >= 11 is 0. The van der Waals surface area contributed by atoms with Gasteiger partial charge in [0.15, 0.2) is 0 Å². The fourth-order valence-electron chi connectivity index (χ4n) is 2.89. The average molecular weight is 344 g/mol. The molecule has 3 N–H and O–H groups in total. The van der Waals surface area contributed by atoms with Crippen molar-refractivity contribution in [1.29, 1.82) is 0 Å². The zero-order valence-corrected chi connectivity index (χ0v) is 15.1. The first kappa shape index (κ1) is 21.6. The van der Waals surface area contributed by atoms with E-state index in [-0.39, 0.29) is 13.2 Å².